The van der Waals surface area contributed by atoms with Crippen molar-refractivity contribution in [1.29, 1.82) is 0 Å². The molecule has 2 aromatic rings. The minimum atomic E-state index is -0.865. The quantitative estimate of drug-likeness (QED) is 0.944. The third-order valence-electron chi connectivity index (χ3n) is 3.20. The zero-order valence-electron chi connectivity index (χ0n) is 11.2. The van der Waals surface area contributed by atoms with E-state index in [9.17, 15) is 4.79 Å². The molecule has 104 valence electrons. The fourth-order valence-corrected chi connectivity index (χ4v) is 4.12. The van der Waals surface area contributed by atoms with E-state index in [4.69, 9.17) is 5.11 Å². The molecule has 0 saturated carbocycles. The molecular formula is C14H14N2O2S2. The number of rotatable bonds is 3. The average molecular weight is 306 g/mol. The van der Waals surface area contributed by atoms with Gasteiger partial charge >= 0.3 is 5.97 Å². The third-order valence-corrected chi connectivity index (χ3v) is 5.41. The molecule has 6 heteroatoms. The second-order valence-electron chi connectivity index (χ2n) is 5.00. The van der Waals surface area contributed by atoms with Crippen LogP contribution in [0, 0.1) is 0 Å². The zero-order chi connectivity index (χ0) is 14.3. The summed E-state index contributed by atoms with van der Waals surface area (Å²) in [4.78, 5) is 19.7. The van der Waals surface area contributed by atoms with Crippen molar-refractivity contribution in [3.8, 4) is 0 Å². The zero-order valence-corrected chi connectivity index (χ0v) is 12.8. The van der Waals surface area contributed by atoms with Crippen LogP contribution in [-0.2, 0) is 4.79 Å². The summed E-state index contributed by atoms with van der Waals surface area (Å²) in [7, 11) is 0. The molecule has 1 aliphatic heterocycles. The number of nitrogens with zero attached hydrogens (tertiary/aromatic N) is 2. The van der Waals surface area contributed by atoms with Gasteiger partial charge in [0.05, 0.1) is 10.2 Å². The van der Waals surface area contributed by atoms with Gasteiger partial charge < -0.3 is 5.11 Å². The number of aliphatic imine (C=N–C) groups is 1. The topological polar surface area (TPSA) is 62.5 Å². The van der Waals surface area contributed by atoms with Crippen LogP contribution in [0.2, 0.25) is 0 Å². The van der Waals surface area contributed by atoms with Crippen LogP contribution in [0.3, 0.4) is 0 Å². The van der Waals surface area contributed by atoms with Crippen molar-refractivity contribution in [1.82, 2.24) is 4.98 Å². The maximum atomic E-state index is 10.9. The number of hydrogen-bond acceptors (Lipinski definition) is 5. The van der Waals surface area contributed by atoms with Crippen molar-refractivity contribution in [2.24, 2.45) is 4.99 Å². The Balaban J connectivity index is 1.97. The lowest BCUT2D eigenvalue weighted by Gasteiger charge is -2.03. The van der Waals surface area contributed by atoms with Gasteiger partial charge in [-0.3, -0.25) is 4.99 Å². The molecule has 1 aliphatic rings. The first-order valence-electron chi connectivity index (χ1n) is 6.39. The molecule has 0 unspecified atom stereocenters. The van der Waals surface area contributed by atoms with E-state index in [1.807, 2.05) is 6.07 Å². The molecule has 4 nitrogen and oxygen atoms in total. The number of thiazole rings is 1. The molecule has 1 atom stereocenters. The number of benzene rings is 1. The second kappa shape index (κ2) is 5.18. The number of aliphatic carboxylic acids is 1. The molecule has 1 aromatic heterocycles. The molecule has 0 saturated heterocycles. The van der Waals surface area contributed by atoms with E-state index >= 15 is 0 Å². The first-order valence-corrected chi connectivity index (χ1v) is 8.19. The highest BCUT2D eigenvalue weighted by molar-refractivity contribution is 8.15. The van der Waals surface area contributed by atoms with Crippen LogP contribution in [0.4, 0.5) is 0 Å². The maximum Gasteiger partial charge on any atom is 0.329 e. The Bertz CT molecular complexity index is 706. The highest BCUT2D eigenvalue weighted by Gasteiger charge is 2.26. The molecular weight excluding hydrogens is 292 g/mol. The molecule has 2 heterocycles. The molecule has 0 radical (unpaired) electrons. The highest BCUT2D eigenvalue weighted by atomic mass is 32.2. The summed E-state index contributed by atoms with van der Waals surface area (Å²) in [6.45, 7) is 4.33. The smallest absolute Gasteiger partial charge is 0.329 e. The number of hydrogen-bond donors (Lipinski definition) is 1. The Hall–Kier alpha value is -1.40. The second-order valence-corrected chi connectivity index (χ2v) is 7.04. The number of carbonyl (C=O) groups is 1. The summed E-state index contributed by atoms with van der Waals surface area (Å²) in [6.07, 6.45) is 0. The van der Waals surface area contributed by atoms with Gasteiger partial charge in [0, 0.05) is 5.75 Å². The van der Waals surface area contributed by atoms with E-state index in [-0.39, 0.29) is 0 Å². The molecule has 20 heavy (non-hydrogen) atoms. The van der Waals surface area contributed by atoms with E-state index in [2.05, 4.69) is 36.0 Å². The summed E-state index contributed by atoms with van der Waals surface area (Å²) < 4.78 is 1.13. The van der Waals surface area contributed by atoms with Gasteiger partial charge in [-0.05, 0) is 23.6 Å². The van der Waals surface area contributed by atoms with Crippen molar-refractivity contribution < 1.29 is 9.90 Å². The molecule has 0 bridgehead atoms. The number of fused-ring (bicyclic) bond motifs is 1. The minimum absolute atomic E-state index is 0.486. The van der Waals surface area contributed by atoms with Crippen LogP contribution in [0.25, 0.3) is 10.2 Å². The molecule has 0 fully saturated rings. The van der Waals surface area contributed by atoms with E-state index in [1.165, 1.54) is 17.3 Å². The van der Waals surface area contributed by atoms with Gasteiger partial charge in [0.1, 0.15) is 10.1 Å². The van der Waals surface area contributed by atoms with Crippen molar-refractivity contribution in [3.05, 3.63) is 28.8 Å². The molecule has 1 N–H and O–H groups in total. The van der Waals surface area contributed by atoms with E-state index in [0.717, 1.165) is 20.3 Å². The van der Waals surface area contributed by atoms with E-state index in [0.29, 0.717) is 11.7 Å². The van der Waals surface area contributed by atoms with Gasteiger partial charge in [0.2, 0.25) is 0 Å². The predicted molar refractivity (Wildman–Crippen MR) is 84.1 cm³/mol. The number of aromatic nitrogens is 1. The van der Waals surface area contributed by atoms with Gasteiger partial charge in [-0.2, -0.15) is 0 Å². The summed E-state index contributed by atoms with van der Waals surface area (Å²) in [5.74, 6) is 0.118. The Labute approximate surface area is 124 Å². The standard InChI is InChI=1S/C14H14N2O2S2/c1-7(2)8-3-4-9-11(5-8)20-13(15-9)12-16-10(6-19-12)14(17)18/h3-5,7,10H,6H2,1-2H3,(H,17,18)/t10-/m1/s1. The lowest BCUT2D eigenvalue weighted by molar-refractivity contribution is -0.137. The first kappa shape index (κ1) is 13.6. The number of carboxylic acid groups (broad SMARTS) is 1. The Morgan fingerprint density at radius 3 is 2.90 bits per heavy atom. The highest BCUT2D eigenvalue weighted by Crippen LogP contribution is 2.31. The fraction of sp³-hybridized carbons (Fsp3) is 0.357. The summed E-state index contributed by atoms with van der Waals surface area (Å²) in [5, 5.41) is 10.6. The van der Waals surface area contributed by atoms with Crippen LogP contribution in [0.15, 0.2) is 23.2 Å². The van der Waals surface area contributed by atoms with Crippen LogP contribution in [-0.4, -0.2) is 32.9 Å². The predicted octanol–water partition coefficient (Wildman–Crippen LogP) is 3.37. The largest absolute Gasteiger partial charge is 0.480 e. The SMILES string of the molecule is CC(C)c1ccc2nc(C3=N[C@@H](C(=O)O)CS3)sc2c1. The van der Waals surface area contributed by atoms with E-state index < -0.39 is 12.0 Å². The van der Waals surface area contributed by atoms with Crippen molar-refractivity contribution in [3.63, 3.8) is 0 Å². The van der Waals surface area contributed by atoms with Gasteiger partial charge in [-0.25, -0.2) is 9.78 Å². The molecule has 0 amide bonds. The normalized spacial score (nSPS) is 18.8. The fourth-order valence-electron chi connectivity index (χ4n) is 2.01. The van der Waals surface area contributed by atoms with Crippen LogP contribution in [0.1, 0.15) is 30.3 Å². The molecule has 0 aliphatic carbocycles. The van der Waals surface area contributed by atoms with Gasteiger partial charge in [-0.15, -0.1) is 23.1 Å². The maximum absolute atomic E-state index is 10.9. The molecule has 1 aromatic carbocycles. The van der Waals surface area contributed by atoms with Gasteiger partial charge in [-0.1, -0.05) is 19.9 Å². The molecule has 0 spiro atoms. The number of carboxylic acids is 1. The van der Waals surface area contributed by atoms with Crippen LogP contribution >= 0.6 is 23.1 Å². The minimum Gasteiger partial charge on any atom is -0.480 e. The number of thioether (sulfide) groups is 1. The van der Waals surface area contributed by atoms with Crippen LogP contribution in [0.5, 0.6) is 0 Å². The van der Waals surface area contributed by atoms with Crippen molar-refractivity contribution in [2.45, 2.75) is 25.8 Å². The van der Waals surface area contributed by atoms with E-state index in [1.54, 1.807) is 11.3 Å². The summed E-state index contributed by atoms with van der Waals surface area (Å²) in [5.41, 5.74) is 2.24. The average Bonchev–Trinajstić information content (AvgIpc) is 3.04. The summed E-state index contributed by atoms with van der Waals surface area (Å²) in [6, 6.07) is 5.66. The Morgan fingerprint density at radius 1 is 1.45 bits per heavy atom. The monoisotopic (exact) mass is 306 g/mol. The van der Waals surface area contributed by atoms with Crippen molar-refractivity contribution in [2.75, 3.05) is 5.75 Å². The van der Waals surface area contributed by atoms with Crippen molar-refractivity contribution >= 4 is 44.3 Å². The van der Waals surface area contributed by atoms with Gasteiger partial charge in [0.15, 0.2) is 6.04 Å². The molecule has 3 rings (SSSR count). The third kappa shape index (κ3) is 2.45. The lowest BCUT2D eigenvalue weighted by Crippen LogP contribution is -2.17. The summed E-state index contributed by atoms with van der Waals surface area (Å²) >= 11 is 3.06. The Morgan fingerprint density at radius 2 is 2.25 bits per heavy atom. The van der Waals surface area contributed by atoms with Crippen LogP contribution < -0.4 is 0 Å². The Kier molecular flexibility index (Phi) is 3.52. The van der Waals surface area contributed by atoms with Gasteiger partial charge in [0.25, 0.3) is 0 Å². The first-order chi connectivity index (χ1) is 9.54. The lowest BCUT2D eigenvalue weighted by atomic mass is 10.0.